The van der Waals surface area contributed by atoms with Crippen molar-refractivity contribution in [1.82, 2.24) is 0 Å². The van der Waals surface area contributed by atoms with Crippen molar-refractivity contribution in [3.8, 4) is 23.7 Å². The van der Waals surface area contributed by atoms with E-state index in [1.54, 1.807) is 12.1 Å². The zero-order valence-electron chi connectivity index (χ0n) is 16.6. The number of unbranched alkanes of at least 4 members (excludes halogenated alkanes) is 3. The molecule has 2 heteroatoms. The van der Waals surface area contributed by atoms with Crippen molar-refractivity contribution in [2.24, 2.45) is 0 Å². The van der Waals surface area contributed by atoms with Crippen molar-refractivity contribution in [2.45, 2.75) is 52.4 Å². The molecule has 0 radical (unpaired) electrons. The quantitative estimate of drug-likeness (QED) is 0.379. The molecule has 2 aromatic carbocycles. The molecule has 0 unspecified atom stereocenters. The number of hydrogen-bond donors (Lipinski definition) is 0. The fourth-order valence-corrected chi connectivity index (χ4v) is 2.70. The highest BCUT2D eigenvalue weighted by Crippen LogP contribution is 2.11. The van der Waals surface area contributed by atoms with E-state index in [2.05, 4.69) is 37.5 Å². The lowest BCUT2D eigenvalue weighted by Gasteiger charge is -2.01. The Morgan fingerprint density at radius 2 is 1.18 bits per heavy atom. The van der Waals surface area contributed by atoms with Crippen molar-refractivity contribution in [1.29, 1.82) is 0 Å². The summed E-state index contributed by atoms with van der Waals surface area (Å²) in [6.45, 7) is 4.25. The molecule has 0 saturated carbocycles. The second kappa shape index (κ2) is 11.8. The molecule has 0 saturated heterocycles. The number of hydrogen-bond acceptors (Lipinski definition) is 0. The molecule has 0 bridgehead atoms. The van der Waals surface area contributed by atoms with Crippen molar-refractivity contribution in [3.05, 3.63) is 82.4 Å². The van der Waals surface area contributed by atoms with Crippen molar-refractivity contribution in [2.75, 3.05) is 0 Å². The first-order chi connectivity index (χ1) is 13.6. The minimum Gasteiger partial charge on any atom is -0.193 e. The number of rotatable bonds is 6. The lowest BCUT2D eigenvalue weighted by molar-refractivity contribution is 0.584. The van der Waals surface area contributed by atoms with E-state index in [1.165, 1.54) is 36.8 Å². The van der Waals surface area contributed by atoms with Crippen LogP contribution in [0.4, 0.5) is 8.78 Å². The van der Waals surface area contributed by atoms with E-state index >= 15 is 0 Å². The molecule has 0 spiro atoms. The highest BCUT2D eigenvalue weighted by Gasteiger charge is 2.00. The van der Waals surface area contributed by atoms with Crippen LogP contribution in [-0.4, -0.2) is 0 Å². The first-order valence-electron chi connectivity index (χ1n) is 9.89. The zero-order valence-corrected chi connectivity index (χ0v) is 16.6. The molecule has 0 nitrogen and oxygen atoms in total. The summed E-state index contributed by atoms with van der Waals surface area (Å²) in [7, 11) is 0. The van der Waals surface area contributed by atoms with Crippen LogP contribution in [0.2, 0.25) is 0 Å². The number of benzene rings is 2. The van der Waals surface area contributed by atoms with Crippen molar-refractivity contribution < 1.29 is 8.78 Å². The molecular weight excluding hydrogens is 350 g/mol. The SMILES string of the molecule is CCCCCCc1ccc(C#CC(F)=C(F)C#Cc2ccc(CC)cc2)cc1. The van der Waals surface area contributed by atoms with E-state index in [0.717, 1.165) is 12.8 Å². The highest BCUT2D eigenvalue weighted by molar-refractivity contribution is 5.45. The molecule has 0 amide bonds. The molecular formula is C26H26F2. The number of halogens is 2. The van der Waals surface area contributed by atoms with Gasteiger partial charge in [0.25, 0.3) is 0 Å². The molecule has 0 heterocycles. The minimum absolute atomic E-state index is 0.641. The molecule has 0 aliphatic rings. The maximum atomic E-state index is 13.9. The standard InChI is InChI=1S/C26H26F2/c1-3-5-6-7-8-22-13-15-24(16-14-22)18-20-26(28)25(27)19-17-23-11-9-21(4-2)10-12-23/h9-16H,3-8H2,1-2H3. The van der Waals surface area contributed by atoms with Gasteiger partial charge in [-0.2, -0.15) is 8.78 Å². The Morgan fingerprint density at radius 1 is 0.679 bits per heavy atom. The van der Waals surface area contributed by atoms with Crippen LogP contribution in [-0.2, 0) is 12.8 Å². The summed E-state index contributed by atoms with van der Waals surface area (Å²) in [4.78, 5) is 0. The molecule has 28 heavy (non-hydrogen) atoms. The van der Waals surface area contributed by atoms with Crippen molar-refractivity contribution in [3.63, 3.8) is 0 Å². The van der Waals surface area contributed by atoms with Crippen LogP contribution in [0.25, 0.3) is 0 Å². The van der Waals surface area contributed by atoms with Crippen LogP contribution in [0.5, 0.6) is 0 Å². The molecule has 0 N–H and O–H groups in total. The lowest BCUT2D eigenvalue weighted by Crippen LogP contribution is -1.86. The van der Waals surface area contributed by atoms with E-state index < -0.39 is 11.7 Å². The predicted octanol–water partition coefficient (Wildman–Crippen LogP) is 6.93. The maximum Gasteiger partial charge on any atom is 0.217 e. The van der Waals surface area contributed by atoms with Gasteiger partial charge in [0.2, 0.25) is 11.7 Å². The first kappa shape index (κ1) is 21.5. The van der Waals surface area contributed by atoms with Crippen LogP contribution in [0, 0.1) is 23.7 Å². The Kier molecular flexibility index (Phi) is 9.03. The lowest BCUT2D eigenvalue weighted by atomic mass is 10.0. The highest BCUT2D eigenvalue weighted by atomic mass is 19.2. The average Bonchev–Trinajstić information content (AvgIpc) is 2.74. The summed E-state index contributed by atoms with van der Waals surface area (Å²) in [5, 5.41) is 0. The third-order valence-electron chi connectivity index (χ3n) is 4.46. The second-order valence-electron chi connectivity index (χ2n) is 6.69. The molecule has 144 valence electrons. The summed E-state index contributed by atoms with van der Waals surface area (Å²) in [6.07, 6.45) is 6.84. The second-order valence-corrected chi connectivity index (χ2v) is 6.69. The first-order valence-corrected chi connectivity index (χ1v) is 9.89. The van der Waals surface area contributed by atoms with E-state index in [-0.39, 0.29) is 0 Å². The Balaban J connectivity index is 1.98. The van der Waals surface area contributed by atoms with E-state index in [4.69, 9.17) is 0 Å². The summed E-state index contributed by atoms with van der Waals surface area (Å²) in [6, 6.07) is 15.1. The van der Waals surface area contributed by atoms with Crippen LogP contribution >= 0.6 is 0 Å². The maximum absolute atomic E-state index is 13.9. The zero-order chi connectivity index (χ0) is 20.2. The van der Waals surface area contributed by atoms with Gasteiger partial charge >= 0.3 is 0 Å². The fraction of sp³-hybridized carbons (Fsp3) is 0.308. The van der Waals surface area contributed by atoms with Crippen LogP contribution in [0.1, 0.15) is 61.8 Å². The van der Waals surface area contributed by atoms with Gasteiger partial charge in [0.05, 0.1) is 0 Å². The molecule has 0 atom stereocenters. The smallest absolute Gasteiger partial charge is 0.193 e. The van der Waals surface area contributed by atoms with Gasteiger partial charge in [0.1, 0.15) is 0 Å². The van der Waals surface area contributed by atoms with Gasteiger partial charge in [0, 0.05) is 11.1 Å². The summed E-state index contributed by atoms with van der Waals surface area (Å²) >= 11 is 0. The van der Waals surface area contributed by atoms with Crippen LogP contribution < -0.4 is 0 Å². The Hall–Kier alpha value is -2.84. The Labute approximate surface area is 167 Å². The van der Waals surface area contributed by atoms with Gasteiger partial charge in [-0.25, -0.2) is 0 Å². The minimum atomic E-state index is -1.14. The summed E-state index contributed by atoms with van der Waals surface area (Å²) in [5.74, 6) is 7.41. The molecule has 0 aromatic heterocycles. The predicted molar refractivity (Wildman–Crippen MR) is 113 cm³/mol. The van der Waals surface area contributed by atoms with Crippen LogP contribution in [0.3, 0.4) is 0 Å². The summed E-state index contributed by atoms with van der Waals surface area (Å²) < 4.78 is 27.7. The van der Waals surface area contributed by atoms with Gasteiger partial charge in [-0.3, -0.25) is 0 Å². The number of aryl methyl sites for hydroxylation is 2. The average molecular weight is 376 g/mol. The van der Waals surface area contributed by atoms with E-state index in [9.17, 15) is 8.78 Å². The third kappa shape index (κ3) is 7.42. The Morgan fingerprint density at radius 3 is 1.64 bits per heavy atom. The molecule has 0 aliphatic carbocycles. The van der Waals surface area contributed by atoms with Gasteiger partial charge in [-0.05, 0) is 66.5 Å². The van der Waals surface area contributed by atoms with Crippen LogP contribution in [0.15, 0.2) is 60.2 Å². The third-order valence-corrected chi connectivity index (χ3v) is 4.46. The monoisotopic (exact) mass is 376 g/mol. The largest absolute Gasteiger partial charge is 0.217 e. The molecule has 0 fully saturated rings. The molecule has 2 rings (SSSR count). The van der Waals surface area contributed by atoms with E-state index in [1.807, 2.05) is 36.4 Å². The summed E-state index contributed by atoms with van der Waals surface area (Å²) in [5.41, 5.74) is 3.71. The number of allylic oxidation sites excluding steroid dienone is 2. The van der Waals surface area contributed by atoms with Gasteiger partial charge < -0.3 is 0 Å². The topological polar surface area (TPSA) is 0 Å². The van der Waals surface area contributed by atoms with Gasteiger partial charge in [-0.15, -0.1) is 0 Å². The van der Waals surface area contributed by atoms with E-state index in [0.29, 0.717) is 11.1 Å². The normalized spacial score (nSPS) is 11.0. The van der Waals surface area contributed by atoms with Crippen molar-refractivity contribution >= 4 is 0 Å². The fourth-order valence-electron chi connectivity index (χ4n) is 2.70. The Bertz CT molecular complexity index is 895. The molecule has 0 aliphatic heterocycles. The molecule has 2 aromatic rings. The van der Waals surface area contributed by atoms with Gasteiger partial charge in [0.15, 0.2) is 0 Å². The van der Waals surface area contributed by atoms with Gasteiger partial charge in [-0.1, -0.05) is 69.2 Å².